The highest BCUT2D eigenvalue weighted by atomic mass is 16.5. The van der Waals surface area contributed by atoms with E-state index in [0.29, 0.717) is 12.2 Å². The van der Waals surface area contributed by atoms with Gasteiger partial charge in [-0.1, -0.05) is 51.1 Å². The number of nitrogens with two attached hydrogens (primary N) is 1. The second kappa shape index (κ2) is 7.49. The van der Waals surface area contributed by atoms with Crippen LogP contribution >= 0.6 is 0 Å². The summed E-state index contributed by atoms with van der Waals surface area (Å²) in [6, 6.07) is 14.9. The fourth-order valence-electron chi connectivity index (χ4n) is 2.39. The van der Waals surface area contributed by atoms with Gasteiger partial charge in [-0.2, -0.15) is 0 Å². The number of esters is 1. The maximum Gasteiger partial charge on any atom is 0.322 e. The number of rotatable bonds is 5. The van der Waals surface area contributed by atoms with E-state index in [0.717, 1.165) is 11.3 Å². The third kappa shape index (κ3) is 4.59. The van der Waals surface area contributed by atoms with Gasteiger partial charge in [-0.3, -0.25) is 4.79 Å². The van der Waals surface area contributed by atoms with E-state index in [-0.39, 0.29) is 5.41 Å². The molecule has 0 aliphatic carbocycles. The molecule has 0 spiro atoms. The predicted octanol–water partition coefficient (Wildman–Crippen LogP) is 3.82. The van der Waals surface area contributed by atoms with E-state index in [1.54, 1.807) is 0 Å². The molecule has 4 heteroatoms. The Morgan fingerprint density at radius 3 is 2.29 bits per heavy atom. The van der Waals surface area contributed by atoms with Gasteiger partial charge < -0.3 is 15.2 Å². The second-order valence-electron chi connectivity index (χ2n) is 6.82. The van der Waals surface area contributed by atoms with Crippen LogP contribution in [0.5, 0.6) is 11.5 Å². The minimum atomic E-state index is -0.706. The minimum absolute atomic E-state index is 0.101. The largest absolute Gasteiger partial charge is 0.468 e. The zero-order valence-corrected chi connectivity index (χ0v) is 14.7. The van der Waals surface area contributed by atoms with Crippen molar-refractivity contribution < 1.29 is 14.3 Å². The lowest BCUT2D eigenvalue weighted by Crippen LogP contribution is -2.33. The molecule has 0 amide bonds. The smallest absolute Gasteiger partial charge is 0.322 e. The average Bonchev–Trinajstić information content (AvgIpc) is 2.55. The van der Waals surface area contributed by atoms with Gasteiger partial charge >= 0.3 is 5.97 Å². The van der Waals surface area contributed by atoms with Crippen molar-refractivity contribution in [1.29, 1.82) is 0 Å². The van der Waals surface area contributed by atoms with Crippen LogP contribution in [0.3, 0.4) is 0 Å². The second-order valence-corrected chi connectivity index (χ2v) is 6.82. The zero-order valence-electron chi connectivity index (χ0n) is 14.7. The van der Waals surface area contributed by atoms with E-state index in [1.165, 1.54) is 12.7 Å². The number of methoxy groups -OCH3 is 1. The van der Waals surface area contributed by atoms with Gasteiger partial charge in [-0.25, -0.2) is 0 Å². The first kappa shape index (κ1) is 18.0. The topological polar surface area (TPSA) is 61.5 Å². The Morgan fingerprint density at radius 2 is 1.71 bits per heavy atom. The molecule has 0 heterocycles. The van der Waals surface area contributed by atoms with Crippen molar-refractivity contribution in [2.24, 2.45) is 5.73 Å². The van der Waals surface area contributed by atoms with Gasteiger partial charge in [-0.15, -0.1) is 0 Å². The lowest BCUT2D eigenvalue weighted by Gasteiger charge is -2.19. The van der Waals surface area contributed by atoms with Gasteiger partial charge in [0.05, 0.1) is 7.11 Å². The number of benzene rings is 2. The van der Waals surface area contributed by atoms with Crippen molar-refractivity contribution in [1.82, 2.24) is 0 Å². The number of hydrogen-bond acceptors (Lipinski definition) is 4. The van der Waals surface area contributed by atoms with Gasteiger partial charge in [0.2, 0.25) is 0 Å². The molecule has 0 aliphatic rings. The average molecular weight is 327 g/mol. The summed E-state index contributed by atoms with van der Waals surface area (Å²) in [5.41, 5.74) is 8.08. The Bertz CT molecular complexity index is 687. The van der Waals surface area contributed by atoms with Crippen LogP contribution < -0.4 is 10.5 Å². The first-order valence-electron chi connectivity index (χ1n) is 8.01. The van der Waals surface area contributed by atoms with Crippen LogP contribution in [0.1, 0.15) is 31.9 Å². The fraction of sp³-hybridized carbons (Fsp3) is 0.350. The monoisotopic (exact) mass is 327 g/mol. The molecule has 0 saturated heterocycles. The van der Waals surface area contributed by atoms with E-state index in [2.05, 4.69) is 37.6 Å². The third-order valence-corrected chi connectivity index (χ3v) is 3.86. The molecule has 0 saturated carbocycles. The van der Waals surface area contributed by atoms with Gasteiger partial charge in [0, 0.05) is 6.42 Å². The number of carbonyl (C=O) groups excluding carboxylic acids is 1. The van der Waals surface area contributed by atoms with Gasteiger partial charge in [-0.05, 0) is 34.7 Å². The van der Waals surface area contributed by atoms with E-state index >= 15 is 0 Å². The molecule has 0 radical (unpaired) electrons. The van der Waals surface area contributed by atoms with Crippen LogP contribution in [0.2, 0.25) is 0 Å². The van der Waals surface area contributed by atoms with Crippen LogP contribution in [0, 0.1) is 0 Å². The van der Waals surface area contributed by atoms with Crippen LogP contribution in [-0.2, 0) is 21.4 Å². The fourth-order valence-corrected chi connectivity index (χ4v) is 2.39. The van der Waals surface area contributed by atoms with Crippen molar-refractivity contribution in [2.75, 3.05) is 7.11 Å². The maximum absolute atomic E-state index is 11.5. The normalized spacial score (nSPS) is 12.5. The molecule has 4 nitrogen and oxygen atoms in total. The molecule has 1 unspecified atom stereocenters. The summed E-state index contributed by atoms with van der Waals surface area (Å²) >= 11 is 0. The van der Waals surface area contributed by atoms with Gasteiger partial charge in [0.15, 0.2) is 0 Å². The lowest BCUT2D eigenvalue weighted by atomic mass is 9.87. The minimum Gasteiger partial charge on any atom is -0.468 e. The Balaban J connectivity index is 2.17. The lowest BCUT2D eigenvalue weighted by molar-refractivity contribution is -0.142. The molecule has 2 aromatic rings. The SMILES string of the molecule is COC(=O)C(N)Cc1ccccc1Oc1ccc(C(C)(C)C)cc1. The highest BCUT2D eigenvalue weighted by Gasteiger charge is 2.17. The van der Waals surface area contributed by atoms with Crippen molar-refractivity contribution >= 4 is 5.97 Å². The van der Waals surface area contributed by atoms with Crippen molar-refractivity contribution in [2.45, 2.75) is 38.6 Å². The van der Waals surface area contributed by atoms with Crippen LogP contribution in [0.4, 0.5) is 0 Å². The molecule has 2 N–H and O–H groups in total. The van der Waals surface area contributed by atoms with Crippen molar-refractivity contribution in [3.05, 3.63) is 59.7 Å². The van der Waals surface area contributed by atoms with Crippen molar-refractivity contribution in [3.8, 4) is 11.5 Å². The number of para-hydroxylation sites is 1. The Hall–Kier alpha value is -2.33. The molecule has 2 rings (SSSR count). The summed E-state index contributed by atoms with van der Waals surface area (Å²) in [4.78, 5) is 11.5. The van der Waals surface area contributed by atoms with Crippen LogP contribution in [-0.4, -0.2) is 19.1 Å². The molecule has 0 aromatic heterocycles. The first-order chi connectivity index (χ1) is 11.3. The Morgan fingerprint density at radius 1 is 1.08 bits per heavy atom. The molecule has 2 aromatic carbocycles. The van der Waals surface area contributed by atoms with Gasteiger partial charge in [0.1, 0.15) is 17.5 Å². The Labute approximate surface area is 143 Å². The summed E-state index contributed by atoms with van der Waals surface area (Å²) < 4.78 is 10.7. The van der Waals surface area contributed by atoms with E-state index in [9.17, 15) is 4.79 Å². The predicted molar refractivity (Wildman–Crippen MR) is 95.4 cm³/mol. The number of carbonyl (C=O) groups is 1. The summed E-state index contributed by atoms with van der Waals surface area (Å²) in [5, 5.41) is 0. The standard InChI is InChI=1S/C20H25NO3/c1-20(2,3)15-9-11-16(12-10-15)24-18-8-6-5-7-14(18)13-17(21)19(22)23-4/h5-12,17H,13,21H2,1-4H3. The molecule has 128 valence electrons. The molecular weight excluding hydrogens is 302 g/mol. The quantitative estimate of drug-likeness (QED) is 0.848. The van der Waals surface area contributed by atoms with Crippen LogP contribution in [0.15, 0.2) is 48.5 Å². The van der Waals surface area contributed by atoms with E-state index < -0.39 is 12.0 Å². The Kier molecular flexibility index (Phi) is 5.62. The highest BCUT2D eigenvalue weighted by Crippen LogP contribution is 2.29. The number of ether oxygens (including phenoxy) is 2. The first-order valence-corrected chi connectivity index (χ1v) is 8.01. The van der Waals surface area contributed by atoms with Crippen molar-refractivity contribution in [3.63, 3.8) is 0 Å². The molecule has 0 bridgehead atoms. The highest BCUT2D eigenvalue weighted by molar-refractivity contribution is 5.75. The summed E-state index contributed by atoms with van der Waals surface area (Å²) in [6.45, 7) is 6.52. The van der Waals surface area contributed by atoms with E-state index in [4.69, 9.17) is 10.5 Å². The van der Waals surface area contributed by atoms with E-state index in [1.807, 2.05) is 36.4 Å². The summed E-state index contributed by atoms with van der Waals surface area (Å²) in [7, 11) is 1.33. The molecule has 1 atom stereocenters. The zero-order chi connectivity index (χ0) is 17.7. The third-order valence-electron chi connectivity index (χ3n) is 3.86. The number of hydrogen-bond donors (Lipinski definition) is 1. The van der Waals surface area contributed by atoms with Gasteiger partial charge in [0.25, 0.3) is 0 Å². The molecule has 24 heavy (non-hydrogen) atoms. The molecule has 0 aliphatic heterocycles. The summed E-state index contributed by atoms with van der Waals surface area (Å²) in [5.74, 6) is 1.02. The molecule has 0 fully saturated rings. The molecular formula is C20H25NO3. The maximum atomic E-state index is 11.5. The summed E-state index contributed by atoms with van der Waals surface area (Å²) in [6.07, 6.45) is 0.364. The van der Waals surface area contributed by atoms with Crippen LogP contribution in [0.25, 0.3) is 0 Å².